The van der Waals surface area contributed by atoms with E-state index < -0.39 is 0 Å². The number of hydrogen-bond acceptors (Lipinski definition) is 3. The van der Waals surface area contributed by atoms with Gasteiger partial charge in [0, 0.05) is 18.3 Å². The van der Waals surface area contributed by atoms with Crippen LogP contribution in [0.1, 0.15) is 23.7 Å². The lowest BCUT2D eigenvalue weighted by atomic mass is 10.2. The third-order valence-corrected chi connectivity index (χ3v) is 2.87. The van der Waals surface area contributed by atoms with Gasteiger partial charge in [-0.25, -0.2) is 0 Å². The second-order valence-electron chi connectivity index (χ2n) is 4.39. The van der Waals surface area contributed by atoms with Crippen molar-refractivity contribution in [2.45, 2.75) is 26.9 Å². The minimum atomic E-state index is 0.296. The summed E-state index contributed by atoms with van der Waals surface area (Å²) in [6, 6.07) is 7.27. The van der Waals surface area contributed by atoms with Crippen LogP contribution in [-0.4, -0.2) is 21.4 Å². The Morgan fingerprint density at radius 2 is 2.22 bits per heavy atom. The molecule has 4 nitrogen and oxygen atoms in total. The van der Waals surface area contributed by atoms with Gasteiger partial charge in [-0.05, 0) is 31.2 Å². The summed E-state index contributed by atoms with van der Waals surface area (Å²) in [7, 11) is 0. The van der Waals surface area contributed by atoms with Crippen LogP contribution in [-0.2, 0) is 13.1 Å². The van der Waals surface area contributed by atoms with Crippen molar-refractivity contribution in [3.8, 4) is 5.75 Å². The maximum Gasteiger partial charge on any atom is 0.115 e. The van der Waals surface area contributed by atoms with Crippen LogP contribution < -0.4 is 5.32 Å². The molecule has 0 unspecified atom stereocenters. The lowest BCUT2D eigenvalue weighted by molar-refractivity contribution is 0.474. The first-order chi connectivity index (χ1) is 8.69. The average Bonchev–Trinajstić information content (AvgIpc) is 2.67. The molecule has 2 rings (SSSR count). The Hall–Kier alpha value is -1.81. The standard InChI is InChI=1S/C14H19N3O/c1-3-15-8-13-10-17(16-11(13)2)9-12-5-4-6-14(18)7-12/h4-7,10,15,18H,3,8-9H2,1-2H3. The van der Waals surface area contributed by atoms with Gasteiger partial charge in [-0.1, -0.05) is 19.1 Å². The lowest BCUT2D eigenvalue weighted by Gasteiger charge is -2.02. The molecule has 0 radical (unpaired) electrons. The van der Waals surface area contributed by atoms with Gasteiger partial charge >= 0.3 is 0 Å². The number of nitrogens with zero attached hydrogens (tertiary/aromatic N) is 2. The average molecular weight is 245 g/mol. The second kappa shape index (κ2) is 5.69. The molecule has 1 aromatic carbocycles. The first kappa shape index (κ1) is 12.6. The smallest absolute Gasteiger partial charge is 0.115 e. The van der Waals surface area contributed by atoms with Crippen molar-refractivity contribution in [1.29, 1.82) is 0 Å². The predicted octanol–water partition coefficient (Wildman–Crippen LogP) is 2.05. The zero-order valence-corrected chi connectivity index (χ0v) is 10.8. The van der Waals surface area contributed by atoms with E-state index >= 15 is 0 Å². The van der Waals surface area contributed by atoms with Crippen LogP contribution in [0.4, 0.5) is 0 Å². The zero-order valence-electron chi connectivity index (χ0n) is 10.8. The molecule has 1 heterocycles. The van der Waals surface area contributed by atoms with Crippen molar-refractivity contribution >= 4 is 0 Å². The van der Waals surface area contributed by atoms with E-state index in [0.717, 1.165) is 24.3 Å². The zero-order chi connectivity index (χ0) is 13.0. The third kappa shape index (κ3) is 3.11. The minimum Gasteiger partial charge on any atom is -0.508 e. The van der Waals surface area contributed by atoms with E-state index in [0.29, 0.717) is 12.3 Å². The maximum atomic E-state index is 9.43. The van der Waals surface area contributed by atoms with Crippen LogP contribution in [0, 0.1) is 6.92 Å². The molecule has 0 amide bonds. The molecular formula is C14H19N3O. The van der Waals surface area contributed by atoms with E-state index in [4.69, 9.17) is 0 Å². The van der Waals surface area contributed by atoms with Gasteiger partial charge in [0.05, 0.1) is 12.2 Å². The summed E-state index contributed by atoms with van der Waals surface area (Å²) in [6.07, 6.45) is 2.06. The van der Waals surface area contributed by atoms with Crippen LogP contribution >= 0.6 is 0 Å². The molecule has 1 aromatic heterocycles. The molecule has 0 saturated carbocycles. The molecule has 18 heavy (non-hydrogen) atoms. The number of rotatable bonds is 5. The van der Waals surface area contributed by atoms with Gasteiger partial charge in [-0.2, -0.15) is 5.10 Å². The number of aryl methyl sites for hydroxylation is 1. The number of hydrogen-bond donors (Lipinski definition) is 2. The molecule has 0 bridgehead atoms. The van der Waals surface area contributed by atoms with Crippen molar-refractivity contribution in [3.63, 3.8) is 0 Å². The number of aromatic hydroxyl groups is 1. The number of aromatic nitrogens is 2. The molecule has 0 atom stereocenters. The SMILES string of the molecule is CCNCc1cn(Cc2cccc(O)c2)nc1C. The Bertz CT molecular complexity index is 520. The molecule has 4 heteroatoms. The molecule has 0 spiro atoms. The fraction of sp³-hybridized carbons (Fsp3) is 0.357. The molecule has 0 saturated heterocycles. The van der Waals surface area contributed by atoms with Gasteiger partial charge in [-0.15, -0.1) is 0 Å². The summed E-state index contributed by atoms with van der Waals surface area (Å²) in [6.45, 7) is 6.60. The Labute approximate surface area is 107 Å². The number of nitrogens with one attached hydrogen (secondary N) is 1. The summed E-state index contributed by atoms with van der Waals surface area (Å²) >= 11 is 0. The summed E-state index contributed by atoms with van der Waals surface area (Å²) in [4.78, 5) is 0. The van der Waals surface area contributed by atoms with Crippen molar-refractivity contribution < 1.29 is 5.11 Å². The minimum absolute atomic E-state index is 0.296. The number of phenols is 1. The van der Waals surface area contributed by atoms with E-state index in [2.05, 4.69) is 23.5 Å². The van der Waals surface area contributed by atoms with E-state index in [9.17, 15) is 5.11 Å². The largest absolute Gasteiger partial charge is 0.508 e. The maximum absolute atomic E-state index is 9.43. The highest BCUT2D eigenvalue weighted by atomic mass is 16.3. The lowest BCUT2D eigenvalue weighted by Crippen LogP contribution is -2.11. The van der Waals surface area contributed by atoms with Gasteiger partial charge in [0.1, 0.15) is 5.75 Å². The molecular weight excluding hydrogens is 226 g/mol. The highest BCUT2D eigenvalue weighted by Gasteiger charge is 2.05. The second-order valence-corrected chi connectivity index (χ2v) is 4.39. The van der Waals surface area contributed by atoms with Crippen molar-refractivity contribution in [1.82, 2.24) is 15.1 Å². The first-order valence-electron chi connectivity index (χ1n) is 6.20. The summed E-state index contributed by atoms with van der Waals surface area (Å²) in [5.74, 6) is 0.296. The highest BCUT2D eigenvalue weighted by Crippen LogP contribution is 2.13. The van der Waals surface area contributed by atoms with E-state index in [1.165, 1.54) is 5.56 Å². The highest BCUT2D eigenvalue weighted by molar-refractivity contribution is 5.27. The van der Waals surface area contributed by atoms with Crippen LogP contribution in [0.2, 0.25) is 0 Å². The Balaban J connectivity index is 2.10. The van der Waals surface area contributed by atoms with Crippen molar-refractivity contribution in [2.24, 2.45) is 0 Å². The van der Waals surface area contributed by atoms with Gasteiger partial charge < -0.3 is 10.4 Å². The van der Waals surface area contributed by atoms with Gasteiger partial charge in [0.2, 0.25) is 0 Å². The van der Waals surface area contributed by atoms with Crippen LogP contribution in [0.25, 0.3) is 0 Å². The topological polar surface area (TPSA) is 50.1 Å². The van der Waals surface area contributed by atoms with Crippen molar-refractivity contribution in [3.05, 3.63) is 47.3 Å². The monoisotopic (exact) mass is 245 g/mol. The molecule has 0 aliphatic carbocycles. The fourth-order valence-corrected chi connectivity index (χ4v) is 1.92. The van der Waals surface area contributed by atoms with Gasteiger partial charge in [-0.3, -0.25) is 4.68 Å². The normalized spacial score (nSPS) is 10.8. The van der Waals surface area contributed by atoms with Crippen LogP contribution in [0.15, 0.2) is 30.5 Å². The molecule has 2 aromatic rings. The molecule has 96 valence electrons. The fourth-order valence-electron chi connectivity index (χ4n) is 1.92. The quantitative estimate of drug-likeness (QED) is 0.847. The molecule has 0 aliphatic heterocycles. The number of phenolic OH excluding ortho intramolecular Hbond substituents is 1. The van der Waals surface area contributed by atoms with Crippen LogP contribution in [0.5, 0.6) is 5.75 Å². The van der Waals surface area contributed by atoms with Gasteiger partial charge in [0.25, 0.3) is 0 Å². The van der Waals surface area contributed by atoms with E-state index in [1.54, 1.807) is 12.1 Å². The summed E-state index contributed by atoms with van der Waals surface area (Å²) in [5.41, 5.74) is 3.32. The van der Waals surface area contributed by atoms with E-state index in [1.807, 2.05) is 23.7 Å². The predicted molar refractivity (Wildman–Crippen MR) is 71.6 cm³/mol. The first-order valence-corrected chi connectivity index (χ1v) is 6.20. The third-order valence-electron chi connectivity index (χ3n) is 2.87. The molecule has 0 fully saturated rings. The summed E-state index contributed by atoms with van der Waals surface area (Å²) < 4.78 is 1.91. The number of benzene rings is 1. The summed E-state index contributed by atoms with van der Waals surface area (Å²) in [5, 5.41) is 17.2. The van der Waals surface area contributed by atoms with E-state index in [-0.39, 0.29) is 0 Å². The van der Waals surface area contributed by atoms with Crippen LogP contribution in [0.3, 0.4) is 0 Å². The Kier molecular flexibility index (Phi) is 3.99. The molecule has 2 N–H and O–H groups in total. The Morgan fingerprint density at radius 1 is 1.39 bits per heavy atom. The Morgan fingerprint density at radius 3 is 2.94 bits per heavy atom. The van der Waals surface area contributed by atoms with Crippen molar-refractivity contribution in [2.75, 3.05) is 6.54 Å². The van der Waals surface area contributed by atoms with Gasteiger partial charge in [0.15, 0.2) is 0 Å². The molecule has 0 aliphatic rings.